The van der Waals surface area contributed by atoms with Crippen LogP contribution in [0.2, 0.25) is 0 Å². The molecule has 2 aromatic rings. The number of hydrogen-bond donors (Lipinski definition) is 1. The molecule has 0 radical (unpaired) electrons. The van der Waals surface area contributed by atoms with Crippen molar-refractivity contribution in [1.29, 1.82) is 0 Å². The highest BCUT2D eigenvalue weighted by molar-refractivity contribution is 5.46. The first-order valence-corrected chi connectivity index (χ1v) is 7.28. The molecular formula is C18H23FN2. The summed E-state index contributed by atoms with van der Waals surface area (Å²) in [5.74, 6) is -0.132. The maximum absolute atomic E-state index is 13.7. The second-order valence-corrected chi connectivity index (χ2v) is 5.78. The van der Waals surface area contributed by atoms with E-state index >= 15 is 0 Å². The van der Waals surface area contributed by atoms with Crippen molar-refractivity contribution in [2.24, 2.45) is 0 Å². The monoisotopic (exact) mass is 286 g/mol. The quantitative estimate of drug-likeness (QED) is 0.865. The fourth-order valence-electron chi connectivity index (χ4n) is 2.45. The van der Waals surface area contributed by atoms with Gasteiger partial charge in [0.2, 0.25) is 0 Å². The average Bonchev–Trinajstić information content (AvgIpc) is 2.41. The third-order valence-electron chi connectivity index (χ3n) is 3.32. The molecule has 0 spiro atoms. The normalized spacial score (nSPS) is 12.4. The van der Waals surface area contributed by atoms with Gasteiger partial charge in [0, 0.05) is 18.3 Å². The lowest BCUT2D eigenvalue weighted by Crippen LogP contribution is -2.19. The molecule has 2 rings (SSSR count). The van der Waals surface area contributed by atoms with Crippen LogP contribution in [0.5, 0.6) is 0 Å². The first-order chi connectivity index (χ1) is 10.0. The Labute approximate surface area is 126 Å². The molecule has 2 nitrogen and oxygen atoms in total. The van der Waals surface area contributed by atoms with Crippen molar-refractivity contribution in [1.82, 2.24) is 4.90 Å². The molecule has 0 aliphatic rings. The van der Waals surface area contributed by atoms with Crippen molar-refractivity contribution in [2.75, 3.05) is 19.4 Å². The van der Waals surface area contributed by atoms with Gasteiger partial charge in [-0.15, -0.1) is 0 Å². The van der Waals surface area contributed by atoms with Gasteiger partial charge in [0.1, 0.15) is 5.82 Å². The van der Waals surface area contributed by atoms with E-state index in [1.807, 2.05) is 12.1 Å². The molecule has 2 aromatic carbocycles. The maximum atomic E-state index is 13.7. The molecule has 0 aliphatic carbocycles. The van der Waals surface area contributed by atoms with Gasteiger partial charge in [0.25, 0.3) is 0 Å². The number of anilines is 1. The first-order valence-electron chi connectivity index (χ1n) is 7.28. The van der Waals surface area contributed by atoms with Crippen LogP contribution in [0.1, 0.15) is 18.1 Å². The van der Waals surface area contributed by atoms with Crippen LogP contribution in [0, 0.1) is 5.82 Å². The molecule has 112 valence electrons. The van der Waals surface area contributed by atoms with Gasteiger partial charge < -0.3 is 10.2 Å². The van der Waals surface area contributed by atoms with E-state index in [1.54, 1.807) is 6.07 Å². The molecule has 0 saturated heterocycles. The number of nitrogens with one attached hydrogen (secondary N) is 1. The van der Waals surface area contributed by atoms with Gasteiger partial charge in [-0.3, -0.25) is 0 Å². The second kappa shape index (κ2) is 7.23. The topological polar surface area (TPSA) is 15.3 Å². The summed E-state index contributed by atoms with van der Waals surface area (Å²) in [6.45, 7) is 2.99. The van der Waals surface area contributed by atoms with Crippen LogP contribution in [-0.4, -0.2) is 25.0 Å². The van der Waals surface area contributed by atoms with Gasteiger partial charge in [-0.25, -0.2) is 4.39 Å². The number of hydrogen-bond acceptors (Lipinski definition) is 2. The summed E-state index contributed by atoms with van der Waals surface area (Å²) in [6, 6.07) is 15.5. The Balaban J connectivity index is 1.99. The van der Waals surface area contributed by atoms with Crippen molar-refractivity contribution in [3.63, 3.8) is 0 Å². The average molecular weight is 286 g/mol. The number of nitrogens with zero attached hydrogens (tertiary/aromatic N) is 1. The minimum absolute atomic E-state index is 0.132. The van der Waals surface area contributed by atoms with E-state index in [0.717, 1.165) is 17.8 Å². The maximum Gasteiger partial charge on any atom is 0.126 e. The minimum atomic E-state index is -0.132. The second-order valence-electron chi connectivity index (χ2n) is 5.78. The Morgan fingerprint density at radius 3 is 2.57 bits per heavy atom. The number of benzene rings is 2. The summed E-state index contributed by atoms with van der Waals surface area (Å²) < 4.78 is 13.7. The number of rotatable bonds is 6. The fraction of sp³-hybridized carbons (Fsp3) is 0.333. The Morgan fingerprint density at radius 1 is 1.10 bits per heavy atom. The lowest BCUT2D eigenvalue weighted by atomic mass is 10.1. The van der Waals surface area contributed by atoms with Crippen LogP contribution >= 0.6 is 0 Å². The summed E-state index contributed by atoms with van der Waals surface area (Å²) in [7, 11) is 4.11. The molecule has 0 aliphatic heterocycles. The van der Waals surface area contributed by atoms with E-state index in [0.29, 0.717) is 6.42 Å². The van der Waals surface area contributed by atoms with E-state index < -0.39 is 0 Å². The van der Waals surface area contributed by atoms with Crippen molar-refractivity contribution < 1.29 is 4.39 Å². The third-order valence-corrected chi connectivity index (χ3v) is 3.32. The molecule has 1 unspecified atom stereocenters. The highest BCUT2D eigenvalue weighted by atomic mass is 19.1. The Bertz CT molecular complexity index is 581. The zero-order valence-corrected chi connectivity index (χ0v) is 12.9. The Hall–Kier alpha value is -1.87. The van der Waals surface area contributed by atoms with E-state index in [2.05, 4.69) is 55.5 Å². The molecule has 3 heteroatoms. The largest absolute Gasteiger partial charge is 0.382 e. The summed E-state index contributed by atoms with van der Waals surface area (Å²) in [6.07, 6.45) is 0.671. The minimum Gasteiger partial charge on any atom is -0.382 e. The zero-order valence-electron chi connectivity index (χ0n) is 12.9. The summed E-state index contributed by atoms with van der Waals surface area (Å²) >= 11 is 0. The molecule has 1 N–H and O–H groups in total. The molecule has 0 saturated carbocycles. The summed E-state index contributed by atoms with van der Waals surface area (Å²) in [5, 5.41) is 3.45. The van der Waals surface area contributed by atoms with Crippen LogP contribution in [0.4, 0.5) is 10.1 Å². The van der Waals surface area contributed by atoms with Crippen LogP contribution in [0.15, 0.2) is 48.5 Å². The SMILES string of the molecule is CC(Cc1ccccc1F)Nc1cccc(CN(C)C)c1. The molecule has 0 amide bonds. The van der Waals surface area contributed by atoms with Crippen LogP contribution in [0.3, 0.4) is 0 Å². The molecular weight excluding hydrogens is 263 g/mol. The molecule has 0 bridgehead atoms. The smallest absolute Gasteiger partial charge is 0.126 e. The van der Waals surface area contributed by atoms with Gasteiger partial charge >= 0.3 is 0 Å². The highest BCUT2D eigenvalue weighted by Gasteiger charge is 2.07. The van der Waals surface area contributed by atoms with E-state index in [4.69, 9.17) is 0 Å². The predicted octanol–water partition coefficient (Wildman–Crippen LogP) is 3.93. The zero-order chi connectivity index (χ0) is 15.2. The van der Waals surface area contributed by atoms with Crippen LogP contribution in [0.25, 0.3) is 0 Å². The fourth-order valence-corrected chi connectivity index (χ4v) is 2.45. The van der Waals surface area contributed by atoms with E-state index in [-0.39, 0.29) is 11.9 Å². The molecule has 21 heavy (non-hydrogen) atoms. The molecule has 0 aromatic heterocycles. The standard InChI is InChI=1S/C18H23FN2/c1-14(11-16-8-4-5-10-18(16)19)20-17-9-6-7-15(12-17)13-21(2)3/h4-10,12,14,20H,11,13H2,1-3H3. The van der Waals surface area contributed by atoms with Gasteiger partial charge in [0.15, 0.2) is 0 Å². The van der Waals surface area contributed by atoms with Crippen molar-refractivity contribution >= 4 is 5.69 Å². The third kappa shape index (κ3) is 4.87. The molecule has 1 atom stereocenters. The van der Waals surface area contributed by atoms with Crippen LogP contribution in [-0.2, 0) is 13.0 Å². The Morgan fingerprint density at radius 2 is 1.86 bits per heavy atom. The van der Waals surface area contributed by atoms with Crippen molar-refractivity contribution in [2.45, 2.75) is 25.9 Å². The number of halogens is 1. The van der Waals surface area contributed by atoms with Crippen molar-refractivity contribution in [3.05, 3.63) is 65.5 Å². The predicted molar refractivity (Wildman–Crippen MR) is 87.0 cm³/mol. The van der Waals surface area contributed by atoms with Gasteiger partial charge in [0.05, 0.1) is 0 Å². The van der Waals surface area contributed by atoms with Crippen molar-refractivity contribution in [3.8, 4) is 0 Å². The van der Waals surface area contributed by atoms with E-state index in [9.17, 15) is 4.39 Å². The first kappa shape index (κ1) is 15.5. The highest BCUT2D eigenvalue weighted by Crippen LogP contribution is 2.15. The lowest BCUT2D eigenvalue weighted by Gasteiger charge is -2.17. The van der Waals surface area contributed by atoms with Gasteiger partial charge in [-0.2, -0.15) is 0 Å². The lowest BCUT2D eigenvalue weighted by molar-refractivity contribution is 0.402. The van der Waals surface area contributed by atoms with E-state index in [1.165, 1.54) is 11.6 Å². The summed E-state index contributed by atoms with van der Waals surface area (Å²) in [5.41, 5.74) is 3.10. The molecule has 0 heterocycles. The van der Waals surface area contributed by atoms with Gasteiger partial charge in [-0.1, -0.05) is 30.3 Å². The van der Waals surface area contributed by atoms with Crippen LogP contribution < -0.4 is 5.32 Å². The Kier molecular flexibility index (Phi) is 5.34. The molecule has 0 fully saturated rings. The van der Waals surface area contributed by atoms with Gasteiger partial charge in [-0.05, 0) is 56.8 Å². The summed E-state index contributed by atoms with van der Waals surface area (Å²) in [4.78, 5) is 2.14.